The number of thiocyanates is 1. The molecule has 0 saturated heterocycles. The molecule has 1 aromatic rings. The molecule has 1 aromatic carbocycles. The van der Waals surface area contributed by atoms with Gasteiger partial charge in [0.25, 0.3) is 0 Å². The first kappa shape index (κ1) is 10.2. The number of nitrogens with zero attached hydrogens (tertiary/aromatic N) is 2. The van der Waals surface area contributed by atoms with Crippen LogP contribution in [0, 0.1) is 10.7 Å². The maximum atomic E-state index is 8.42. The molecule has 0 atom stereocenters. The molecule has 0 aliphatic rings. The average Bonchev–Trinajstić information content (AvgIpc) is 2.10. The van der Waals surface area contributed by atoms with Crippen LogP contribution in [-0.2, 0) is 0 Å². The van der Waals surface area contributed by atoms with Crippen LogP contribution in [0.2, 0.25) is 5.02 Å². The molecular weight excluding hydrogens is 224 g/mol. The van der Waals surface area contributed by atoms with Gasteiger partial charge in [0, 0.05) is 4.90 Å². The predicted octanol–water partition coefficient (Wildman–Crippen LogP) is 3.65. The molecule has 64 valence electrons. The number of thioether (sulfide) groups is 1. The number of isothiocyanates is 1. The van der Waals surface area contributed by atoms with Crippen LogP contribution < -0.4 is 0 Å². The molecule has 0 saturated carbocycles. The van der Waals surface area contributed by atoms with Crippen LogP contribution >= 0.6 is 35.6 Å². The smallest absolute Gasteiger partial charge is 0.138 e. The Balaban J connectivity index is 3.06. The van der Waals surface area contributed by atoms with E-state index in [1.54, 1.807) is 18.2 Å². The van der Waals surface area contributed by atoms with E-state index in [4.69, 9.17) is 16.9 Å². The fourth-order valence-electron chi connectivity index (χ4n) is 0.744. The van der Waals surface area contributed by atoms with Gasteiger partial charge in [-0.15, -0.1) is 0 Å². The number of nitriles is 1. The standard InChI is InChI=1S/C8H3ClN2S2/c9-7-3-6(11-5-12)1-2-8(7)13-4-10/h1-3H. The summed E-state index contributed by atoms with van der Waals surface area (Å²) in [5.41, 5.74) is 0.641. The Labute approximate surface area is 90.2 Å². The topological polar surface area (TPSA) is 36.1 Å². The Hall–Kier alpha value is -0.850. The van der Waals surface area contributed by atoms with E-state index in [2.05, 4.69) is 22.4 Å². The van der Waals surface area contributed by atoms with Crippen LogP contribution in [-0.4, -0.2) is 5.16 Å². The van der Waals surface area contributed by atoms with Gasteiger partial charge in [-0.25, -0.2) is 0 Å². The maximum Gasteiger partial charge on any atom is 0.138 e. The minimum absolute atomic E-state index is 0.498. The van der Waals surface area contributed by atoms with Gasteiger partial charge in [-0.1, -0.05) is 11.6 Å². The first-order chi connectivity index (χ1) is 6.27. The fourth-order valence-corrected chi connectivity index (χ4v) is 1.53. The van der Waals surface area contributed by atoms with Crippen molar-refractivity contribution in [1.82, 2.24) is 0 Å². The lowest BCUT2D eigenvalue weighted by atomic mass is 10.3. The van der Waals surface area contributed by atoms with E-state index in [1.165, 1.54) is 0 Å². The van der Waals surface area contributed by atoms with Crippen molar-refractivity contribution in [3.8, 4) is 5.40 Å². The number of hydrogen-bond acceptors (Lipinski definition) is 4. The first-order valence-electron chi connectivity index (χ1n) is 3.21. The Morgan fingerprint density at radius 2 is 2.31 bits per heavy atom. The summed E-state index contributed by atoms with van der Waals surface area (Å²) < 4.78 is 0. The number of halogens is 1. The molecular formula is C8H3ClN2S2. The number of thiocarbonyl (C=S) groups is 1. The summed E-state index contributed by atoms with van der Waals surface area (Å²) in [4.78, 5) is 4.47. The zero-order valence-electron chi connectivity index (χ0n) is 6.32. The fraction of sp³-hybridized carbons (Fsp3) is 0. The normalized spacial score (nSPS) is 8.62. The van der Waals surface area contributed by atoms with Crippen molar-refractivity contribution in [2.75, 3.05) is 0 Å². The molecule has 0 unspecified atom stereocenters. The van der Waals surface area contributed by atoms with E-state index in [-0.39, 0.29) is 0 Å². The van der Waals surface area contributed by atoms with Crippen molar-refractivity contribution in [2.45, 2.75) is 4.90 Å². The lowest BCUT2D eigenvalue weighted by Gasteiger charge is -1.97. The highest BCUT2D eigenvalue weighted by Gasteiger charge is 2.00. The summed E-state index contributed by atoms with van der Waals surface area (Å²) in [6, 6.07) is 5.09. The van der Waals surface area contributed by atoms with E-state index in [0.717, 1.165) is 11.8 Å². The largest absolute Gasteiger partial charge is 0.195 e. The highest BCUT2D eigenvalue weighted by molar-refractivity contribution is 8.03. The van der Waals surface area contributed by atoms with Gasteiger partial charge in [-0.05, 0) is 42.2 Å². The molecule has 0 aliphatic heterocycles. The van der Waals surface area contributed by atoms with Crippen molar-refractivity contribution in [3.63, 3.8) is 0 Å². The van der Waals surface area contributed by atoms with Crippen molar-refractivity contribution < 1.29 is 0 Å². The molecule has 0 fully saturated rings. The van der Waals surface area contributed by atoms with Gasteiger partial charge in [0.2, 0.25) is 0 Å². The van der Waals surface area contributed by atoms with Gasteiger partial charge in [0.05, 0.1) is 15.9 Å². The molecule has 0 bridgehead atoms. The second-order valence-electron chi connectivity index (χ2n) is 2.01. The summed E-state index contributed by atoms with van der Waals surface area (Å²) in [5.74, 6) is 0. The molecule has 0 radical (unpaired) electrons. The number of rotatable bonds is 2. The molecule has 1 rings (SSSR count). The Morgan fingerprint density at radius 3 is 2.85 bits per heavy atom. The lowest BCUT2D eigenvalue weighted by molar-refractivity contribution is 1.43. The van der Waals surface area contributed by atoms with Crippen LogP contribution in [0.3, 0.4) is 0 Å². The van der Waals surface area contributed by atoms with Crippen LogP contribution in [0.25, 0.3) is 0 Å². The van der Waals surface area contributed by atoms with Gasteiger partial charge < -0.3 is 0 Å². The SMILES string of the molecule is N#CSc1ccc(N=C=S)cc1Cl. The van der Waals surface area contributed by atoms with Gasteiger partial charge in [0.15, 0.2) is 0 Å². The third kappa shape index (κ3) is 2.83. The summed E-state index contributed by atoms with van der Waals surface area (Å²) in [7, 11) is 0. The number of aliphatic imine (C=N–C) groups is 1. The summed E-state index contributed by atoms with van der Waals surface area (Å²) >= 11 is 11.3. The summed E-state index contributed by atoms with van der Waals surface area (Å²) in [6.45, 7) is 0. The third-order valence-corrected chi connectivity index (χ3v) is 2.43. The molecule has 2 nitrogen and oxygen atoms in total. The minimum atomic E-state index is 0.498. The maximum absolute atomic E-state index is 8.42. The molecule has 0 spiro atoms. The quantitative estimate of drug-likeness (QED) is 0.334. The molecule has 0 N–H and O–H groups in total. The van der Waals surface area contributed by atoms with E-state index in [1.807, 2.05) is 5.40 Å². The van der Waals surface area contributed by atoms with Gasteiger partial charge in [0.1, 0.15) is 5.40 Å². The monoisotopic (exact) mass is 226 g/mol. The van der Waals surface area contributed by atoms with Crippen LogP contribution in [0.15, 0.2) is 28.1 Å². The second kappa shape index (κ2) is 5.00. The Kier molecular flexibility index (Phi) is 3.94. The van der Waals surface area contributed by atoms with E-state index >= 15 is 0 Å². The third-order valence-electron chi connectivity index (χ3n) is 1.25. The Bertz CT molecular complexity index is 405. The average molecular weight is 227 g/mol. The van der Waals surface area contributed by atoms with Crippen molar-refractivity contribution >= 4 is 46.4 Å². The first-order valence-corrected chi connectivity index (χ1v) is 4.81. The highest BCUT2D eigenvalue weighted by atomic mass is 35.5. The summed E-state index contributed by atoms with van der Waals surface area (Å²) in [6.07, 6.45) is 0. The molecule has 0 amide bonds. The van der Waals surface area contributed by atoms with Crippen LogP contribution in [0.5, 0.6) is 0 Å². The van der Waals surface area contributed by atoms with Gasteiger partial charge in [-0.3, -0.25) is 0 Å². The summed E-state index contributed by atoms with van der Waals surface area (Å²) in [5, 5.41) is 13.1. The van der Waals surface area contributed by atoms with E-state index < -0.39 is 0 Å². The number of hydrogen-bond donors (Lipinski definition) is 0. The Morgan fingerprint density at radius 1 is 1.54 bits per heavy atom. The van der Waals surface area contributed by atoms with Crippen LogP contribution in [0.4, 0.5) is 5.69 Å². The van der Waals surface area contributed by atoms with Crippen molar-refractivity contribution in [2.24, 2.45) is 4.99 Å². The zero-order chi connectivity index (χ0) is 9.68. The van der Waals surface area contributed by atoms with E-state index in [0.29, 0.717) is 15.6 Å². The molecule has 13 heavy (non-hydrogen) atoms. The molecule has 5 heteroatoms. The lowest BCUT2D eigenvalue weighted by Crippen LogP contribution is -1.71. The minimum Gasteiger partial charge on any atom is -0.195 e. The van der Waals surface area contributed by atoms with Crippen molar-refractivity contribution in [3.05, 3.63) is 23.2 Å². The van der Waals surface area contributed by atoms with E-state index in [9.17, 15) is 0 Å². The van der Waals surface area contributed by atoms with Gasteiger partial charge in [-0.2, -0.15) is 10.3 Å². The molecule has 0 aromatic heterocycles. The number of benzene rings is 1. The van der Waals surface area contributed by atoms with Crippen LogP contribution in [0.1, 0.15) is 0 Å². The molecule has 0 heterocycles. The van der Waals surface area contributed by atoms with Gasteiger partial charge >= 0.3 is 0 Å². The highest BCUT2D eigenvalue weighted by Crippen LogP contribution is 2.29. The second-order valence-corrected chi connectivity index (χ2v) is 3.43. The molecule has 0 aliphatic carbocycles. The zero-order valence-corrected chi connectivity index (χ0v) is 8.71. The predicted molar refractivity (Wildman–Crippen MR) is 57.6 cm³/mol. The van der Waals surface area contributed by atoms with Crippen molar-refractivity contribution in [1.29, 1.82) is 5.26 Å².